The van der Waals surface area contributed by atoms with Gasteiger partial charge < -0.3 is 15.7 Å². The van der Waals surface area contributed by atoms with Gasteiger partial charge in [0.2, 0.25) is 0 Å². The smallest absolute Gasteiger partial charge is 0.138 e. The highest BCUT2D eigenvalue weighted by atomic mass is 35.5. The number of nitrogens with zero attached hydrogens (tertiary/aromatic N) is 2. The summed E-state index contributed by atoms with van der Waals surface area (Å²) in [5.41, 5.74) is 13.3. The molecular formula is C25H27Cl3N6. The van der Waals surface area contributed by atoms with Crippen molar-refractivity contribution in [1.82, 2.24) is 19.9 Å². The van der Waals surface area contributed by atoms with Crippen LogP contribution in [-0.4, -0.2) is 25.8 Å². The molecule has 5 aromatic rings. The number of nitrogens with two attached hydrogens (primary N) is 1. The van der Waals surface area contributed by atoms with Crippen molar-refractivity contribution in [3.8, 4) is 22.8 Å². The molecule has 6 nitrogen and oxygen atoms in total. The lowest BCUT2D eigenvalue weighted by Crippen LogP contribution is -2.10. The van der Waals surface area contributed by atoms with Gasteiger partial charge in [0.25, 0.3) is 0 Å². The maximum atomic E-state index is 7.62. The van der Waals surface area contributed by atoms with E-state index in [2.05, 4.69) is 66.1 Å². The number of fused-ring (bicyclic) bond motifs is 2. The van der Waals surface area contributed by atoms with Gasteiger partial charge >= 0.3 is 0 Å². The Morgan fingerprint density at radius 2 is 1.24 bits per heavy atom. The van der Waals surface area contributed by atoms with Crippen LogP contribution in [-0.2, 0) is 5.41 Å². The Labute approximate surface area is 216 Å². The summed E-state index contributed by atoms with van der Waals surface area (Å²) >= 11 is 0. The highest BCUT2D eigenvalue weighted by molar-refractivity contribution is 5.98. The minimum absolute atomic E-state index is 0. The van der Waals surface area contributed by atoms with Crippen LogP contribution >= 0.6 is 37.2 Å². The van der Waals surface area contributed by atoms with Gasteiger partial charge in [-0.25, -0.2) is 9.97 Å². The molecule has 0 saturated carbocycles. The third kappa shape index (κ3) is 5.04. The second kappa shape index (κ2) is 10.1. The summed E-state index contributed by atoms with van der Waals surface area (Å²) in [6, 6.07) is 20.2. The van der Waals surface area contributed by atoms with Crippen LogP contribution in [0.4, 0.5) is 0 Å². The van der Waals surface area contributed by atoms with Crippen molar-refractivity contribution < 1.29 is 0 Å². The summed E-state index contributed by atoms with van der Waals surface area (Å²) < 4.78 is 0. The molecule has 0 bridgehead atoms. The number of imidazole rings is 2. The molecule has 178 valence electrons. The van der Waals surface area contributed by atoms with E-state index >= 15 is 0 Å². The first-order valence-corrected chi connectivity index (χ1v) is 10.2. The van der Waals surface area contributed by atoms with Crippen LogP contribution in [0.15, 0.2) is 60.7 Å². The standard InChI is InChI=1S/C25H24N6.3ClH/c1-25(2,3)17-8-4-14(5-9-17)23-28-19-11-7-16(13-21(19)30-23)24-29-18-10-6-15(22(26)27)12-20(18)31-24;;;/h4-13H,1-3H3,(H3,26,27)(H,28,30)(H,29,31);3*1H. The molecule has 5 rings (SSSR count). The first-order valence-electron chi connectivity index (χ1n) is 10.2. The minimum atomic E-state index is 0. The van der Waals surface area contributed by atoms with Gasteiger partial charge in [0, 0.05) is 16.7 Å². The van der Waals surface area contributed by atoms with E-state index in [1.807, 2.05) is 30.3 Å². The van der Waals surface area contributed by atoms with E-state index in [0.29, 0.717) is 5.56 Å². The van der Waals surface area contributed by atoms with Crippen LogP contribution in [0.1, 0.15) is 31.9 Å². The Balaban J connectivity index is 0.00000136. The number of H-pyrrole nitrogens is 2. The lowest BCUT2D eigenvalue weighted by atomic mass is 9.87. The Kier molecular flexibility index (Phi) is 8.04. The number of nitrogen functional groups attached to an aromatic ring is 1. The number of hydrogen-bond donors (Lipinski definition) is 4. The number of rotatable bonds is 3. The lowest BCUT2D eigenvalue weighted by Gasteiger charge is -2.18. The molecule has 9 heteroatoms. The zero-order chi connectivity index (χ0) is 21.8. The molecule has 0 aliphatic rings. The molecule has 0 amide bonds. The molecular weight excluding hydrogens is 491 g/mol. The van der Waals surface area contributed by atoms with E-state index in [4.69, 9.17) is 16.1 Å². The molecule has 0 aliphatic heterocycles. The molecule has 0 aliphatic carbocycles. The quantitative estimate of drug-likeness (QED) is 0.159. The molecule has 3 aromatic carbocycles. The Morgan fingerprint density at radius 1 is 0.735 bits per heavy atom. The summed E-state index contributed by atoms with van der Waals surface area (Å²) in [7, 11) is 0. The molecule has 0 unspecified atom stereocenters. The Morgan fingerprint density at radius 3 is 1.79 bits per heavy atom. The van der Waals surface area contributed by atoms with Gasteiger partial charge in [-0.05, 0) is 47.4 Å². The molecule has 2 aromatic heterocycles. The summed E-state index contributed by atoms with van der Waals surface area (Å²) in [5.74, 6) is 1.66. The van der Waals surface area contributed by atoms with Crippen LogP contribution in [0.25, 0.3) is 44.8 Å². The van der Waals surface area contributed by atoms with Crippen molar-refractivity contribution >= 4 is 65.1 Å². The van der Waals surface area contributed by atoms with Crippen LogP contribution in [0.3, 0.4) is 0 Å². The van der Waals surface area contributed by atoms with Crippen LogP contribution in [0, 0.1) is 5.41 Å². The summed E-state index contributed by atoms with van der Waals surface area (Å²) in [5, 5.41) is 7.62. The molecule has 34 heavy (non-hydrogen) atoms. The van der Waals surface area contributed by atoms with E-state index in [-0.39, 0.29) is 48.5 Å². The Hall–Kier alpha value is -3.06. The molecule has 0 saturated heterocycles. The highest BCUT2D eigenvalue weighted by Gasteiger charge is 2.14. The van der Waals surface area contributed by atoms with Crippen LogP contribution < -0.4 is 5.73 Å². The Bertz CT molecular complexity index is 1450. The first-order chi connectivity index (χ1) is 14.8. The maximum Gasteiger partial charge on any atom is 0.138 e. The normalized spacial score (nSPS) is 10.9. The SMILES string of the molecule is CC(C)(C)c1ccc(-c2nc3ccc(-c4nc5ccc(C(=N)N)cc5[nH]4)cc3[nH]2)cc1.Cl.Cl.Cl. The monoisotopic (exact) mass is 516 g/mol. The van der Waals surface area contributed by atoms with Crippen molar-refractivity contribution in [2.45, 2.75) is 26.2 Å². The summed E-state index contributed by atoms with van der Waals surface area (Å²) in [6.07, 6.45) is 0. The van der Waals surface area contributed by atoms with Crippen molar-refractivity contribution in [2.24, 2.45) is 5.73 Å². The second-order valence-electron chi connectivity index (χ2n) is 8.88. The van der Waals surface area contributed by atoms with Crippen LogP contribution in [0.5, 0.6) is 0 Å². The molecule has 0 spiro atoms. The van der Waals surface area contributed by atoms with Gasteiger partial charge in [0.1, 0.15) is 17.5 Å². The number of hydrogen-bond acceptors (Lipinski definition) is 3. The molecule has 0 fully saturated rings. The molecule has 2 heterocycles. The predicted octanol–water partition coefficient (Wildman–Crippen LogP) is 6.62. The first kappa shape index (κ1) is 27.2. The number of aromatic amines is 2. The van der Waals surface area contributed by atoms with Gasteiger partial charge in [0.15, 0.2) is 0 Å². The van der Waals surface area contributed by atoms with Gasteiger partial charge in [0.05, 0.1) is 22.1 Å². The largest absolute Gasteiger partial charge is 0.384 e. The van der Waals surface area contributed by atoms with Gasteiger partial charge in [-0.2, -0.15) is 0 Å². The molecule has 0 atom stereocenters. The number of halogens is 3. The van der Waals surface area contributed by atoms with Gasteiger partial charge in [-0.3, -0.25) is 5.41 Å². The predicted molar refractivity (Wildman–Crippen MR) is 148 cm³/mol. The lowest BCUT2D eigenvalue weighted by molar-refractivity contribution is 0.590. The zero-order valence-electron chi connectivity index (χ0n) is 19.0. The minimum Gasteiger partial charge on any atom is -0.384 e. The van der Waals surface area contributed by atoms with E-state index < -0.39 is 0 Å². The fraction of sp³-hybridized carbons (Fsp3) is 0.160. The topological polar surface area (TPSA) is 107 Å². The average molecular weight is 518 g/mol. The van der Waals surface area contributed by atoms with Crippen molar-refractivity contribution in [2.75, 3.05) is 0 Å². The van der Waals surface area contributed by atoms with Crippen molar-refractivity contribution in [3.05, 3.63) is 71.8 Å². The number of benzene rings is 3. The fourth-order valence-corrected chi connectivity index (χ4v) is 3.74. The van der Waals surface area contributed by atoms with E-state index in [0.717, 1.165) is 44.8 Å². The number of nitrogens with one attached hydrogen (secondary N) is 3. The average Bonchev–Trinajstić information content (AvgIpc) is 3.36. The fourth-order valence-electron chi connectivity index (χ4n) is 3.74. The van der Waals surface area contributed by atoms with E-state index in [1.54, 1.807) is 0 Å². The summed E-state index contributed by atoms with van der Waals surface area (Å²) in [4.78, 5) is 16.2. The van der Waals surface area contributed by atoms with Crippen LogP contribution in [0.2, 0.25) is 0 Å². The van der Waals surface area contributed by atoms with Gasteiger partial charge in [-0.1, -0.05) is 45.0 Å². The van der Waals surface area contributed by atoms with E-state index in [9.17, 15) is 0 Å². The molecule has 0 radical (unpaired) electrons. The summed E-state index contributed by atoms with van der Waals surface area (Å²) in [6.45, 7) is 6.64. The third-order valence-electron chi connectivity index (χ3n) is 5.57. The third-order valence-corrected chi connectivity index (χ3v) is 5.57. The number of aromatic nitrogens is 4. The van der Waals surface area contributed by atoms with Gasteiger partial charge in [-0.15, -0.1) is 37.2 Å². The zero-order valence-corrected chi connectivity index (χ0v) is 21.4. The van der Waals surface area contributed by atoms with Crippen molar-refractivity contribution in [3.63, 3.8) is 0 Å². The van der Waals surface area contributed by atoms with Crippen molar-refractivity contribution in [1.29, 1.82) is 5.41 Å². The number of amidine groups is 1. The highest BCUT2D eigenvalue weighted by Crippen LogP contribution is 2.28. The molecule has 5 N–H and O–H groups in total. The van der Waals surface area contributed by atoms with E-state index in [1.165, 1.54) is 5.56 Å². The second-order valence-corrected chi connectivity index (χ2v) is 8.88. The maximum absolute atomic E-state index is 7.62.